The SMILES string of the molecule is CC(C)N(Cc1ccc(Cl)c(Cl)c1)C(=O)c1ccc(Br)s1. The smallest absolute Gasteiger partial charge is 0.264 e. The van der Waals surface area contributed by atoms with Gasteiger partial charge in [0.2, 0.25) is 0 Å². The fourth-order valence-corrected chi connectivity index (χ4v) is 3.56. The second kappa shape index (κ2) is 7.14. The van der Waals surface area contributed by atoms with Crippen molar-refractivity contribution in [1.29, 1.82) is 0 Å². The van der Waals surface area contributed by atoms with E-state index in [0.717, 1.165) is 14.2 Å². The number of carbonyl (C=O) groups is 1. The predicted molar refractivity (Wildman–Crippen MR) is 93.5 cm³/mol. The molecule has 0 N–H and O–H groups in total. The van der Waals surface area contributed by atoms with Gasteiger partial charge >= 0.3 is 0 Å². The summed E-state index contributed by atoms with van der Waals surface area (Å²) in [5, 5.41) is 1.02. The summed E-state index contributed by atoms with van der Waals surface area (Å²) >= 11 is 16.8. The number of halogens is 3. The summed E-state index contributed by atoms with van der Waals surface area (Å²) in [5.74, 6) is 0.0202. The average molecular weight is 407 g/mol. The van der Waals surface area contributed by atoms with Gasteiger partial charge in [0, 0.05) is 12.6 Å². The number of carbonyl (C=O) groups excluding carboxylic acids is 1. The molecule has 6 heteroatoms. The molecule has 0 saturated carbocycles. The van der Waals surface area contributed by atoms with Crippen LogP contribution in [0, 0.1) is 0 Å². The van der Waals surface area contributed by atoms with Crippen LogP contribution in [0.15, 0.2) is 34.1 Å². The summed E-state index contributed by atoms with van der Waals surface area (Å²) in [7, 11) is 0. The molecular formula is C15H14BrCl2NOS. The van der Waals surface area contributed by atoms with Gasteiger partial charge in [-0.2, -0.15) is 0 Å². The van der Waals surface area contributed by atoms with Gasteiger partial charge in [-0.25, -0.2) is 0 Å². The van der Waals surface area contributed by atoms with E-state index in [9.17, 15) is 4.79 Å². The fraction of sp³-hybridized carbons (Fsp3) is 0.267. The Morgan fingerprint density at radius 1 is 1.24 bits per heavy atom. The Bertz CT molecular complexity index is 657. The fourth-order valence-electron chi connectivity index (χ4n) is 1.89. The molecule has 1 aromatic carbocycles. The first-order chi connectivity index (χ1) is 9.88. The molecule has 2 aromatic rings. The van der Waals surface area contributed by atoms with Gasteiger partial charge in [0.1, 0.15) is 0 Å². The van der Waals surface area contributed by atoms with Crippen molar-refractivity contribution < 1.29 is 4.79 Å². The van der Waals surface area contributed by atoms with Gasteiger partial charge in [-0.05, 0) is 59.6 Å². The lowest BCUT2D eigenvalue weighted by Crippen LogP contribution is -2.35. The largest absolute Gasteiger partial charge is 0.331 e. The zero-order valence-electron chi connectivity index (χ0n) is 11.6. The van der Waals surface area contributed by atoms with Gasteiger partial charge in [-0.3, -0.25) is 4.79 Å². The molecule has 1 amide bonds. The maximum Gasteiger partial charge on any atom is 0.264 e. The lowest BCUT2D eigenvalue weighted by atomic mass is 10.2. The lowest BCUT2D eigenvalue weighted by molar-refractivity contribution is 0.0695. The maximum absolute atomic E-state index is 12.6. The quantitative estimate of drug-likeness (QED) is 0.621. The van der Waals surface area contributed by atoms with Crippen molar-refractivity contribution in [3.8, 4) is 0 Å². The van der Waals surface area contributed by atoms with E-state index in [1.807, 2.05) is 36.9 Å². The third-order valence-corrected chi connectivity index (χ3v) is 5.36. The number of benzene rings is 1. The van der Waals surface area contributed by atoms with Crippen LogP contribution in [0.5, 0.6) is 0 Å². The highest BCUT2D eigenvalue weighted by molar-refractivity contribution is 9.11. The van der Waals surface area contributed by atoms with Gasteiger partial charge < -0.3 is 4.90 Å². The van der Waals surface area contributed by atoms with Gasteiger partial charge in [-0.1, -0.05) is 29.3 Å². The van der Waals surface area contributed by atoms with Gasteiger partial charge in [0.25, 0.3) is 5.91 Å². The third kappa shape index (κ3) is 4.22. The molecule has 112 valence electrons. The first-order valence-corrected chi connectivity index (χ1v) is 8.75. The molecular weight excluding hydrogens is 393 g/mol. The molecule has 2 rings (SSSR count). The first kappa shape index (κ1) is 16.8. The van der Waals surface area contributed by atoms with Crippen molar-refractivity contribution in [1.82, 2.24) is 4.90 Å². The number of nitrogens with zero attached hydrogens (tertiary/aromatic N) is 1. The Hall–Kier alpha value is -0.550. The summed E-state index contributed by atoms with van der Waals surface area (Å²) in [6.45, 7) is 4.50. The number of thiophene rings is 1. The summed E-state index contributed by atoms with van der Waals surface area (Å²) in [6, 6.07) is 9.26. The highest BCUT2D eigenvalue weighted by Gasteiger charge is 2.20. The Morgan fingerprint density at radius 2 is 1.95 bits per heavy atom. The van der Waals surface area contributed by atoms with E-state index in [0.29, 0.717) is 16.6 Å². The minimum Gasteiger partial charge on any atom is -0.331 e. The Balaban J connectivity index is 2.23. The number of hydrogen-bond acceptors (Lipinski definition) is 2. The number of amides is 1. The van der Waals surface area contributed by atoms with Gasteiger partial charge in [-0.15, -0.1) is 11.3 Å². The van der Waals surface area contributed by atoms with Crippen LogP contribution in [0.4, 0.5) is 0 Å². The van der Waals surface area contributed by atoms with E-state index < -0.39 is 0 Å². The molecule has 0 aliphatic rings. The van der Waals surface area contributed by atoms with E-state index in [4.69, 9.17) is 23.2 Å². The number of hydrogen-bond donors (Lipinski definition) is 0. The molecule has 0 radical (unpaired) electrons. The second-order valence-corrected chi connectivity index (χ2v) is 8.16. The van der Waals surface area contributed by atoms with E-state index in [-0.39, 0.29) is 11.9 Å². The van der Waals surface area contributed by atoms with Crippen molar-refractivity contribution in [2.24, 2.45) is 0 Å². The minimum atomic E-state index is 0.0202. The molecule has 0 fully saturated rings. The Labute approximate surface area is 146 Å². The van der Waals surface area contributed by atoms with Crippen LogP contribution in [0.3, 0.4) is 0 Å². The molecule has 0 bridgehead atoms. The van der Waals surface area contributed by atoms with E-state index in [2.05, 4.69) is 15.9 Å². The third-order valence-electron chi connectivity index (χ3n) is 3.01. The minimum absolute atomic E-state index is 0.0202. The van der Waals surface area contributed by atoms with Crippen molar-refractivity contribution in [3.63, 3.8) is 0 Å². The molecule has 2 nitrogen and oxygen atoms in total. The second-order valence-electron chi connectivity index (χ2n) is 4.88. The van der Waals surface area contributed by atoms with Crippen molar-refractivity contribution >= 4 is 56.4 Å². The molecule has 0 spiro atoms. The van der Waals surface area contributed by atoms with E-state index in [1.165, 1.54) is 11.3 Å². The van der Waals surface area contributed by atoms with Crippen LogP contribution in [0.1, 0.15) is 29.1 Å². The molecule has 21 heavy (non-hydrogen) atoms. The Morgan fingerprint density at radius 3 is 2.48 bits per heavy atom. The zero-order valence-corrected chi connectivity index (χ0v) is 15.5. The molecule has 0 atom stereocenters. The molecule has 1 heterocycles. The van der Waals surface area contributed by atoms with Gasteiger partial charge in [0.05, 0.1) is 18.7 Å². The molecule has 0 aliphatic carbocycles. The topological polar surface area (TPSA) is 20.3 Å². The van der Waals surface area contributed by atoms with E-state index >= 15 is 0 Å². The molecule has 0 aliphatic heterocycles. The monoisotopic (exact) mass is 405 g/mol. The summed E-state index contributed by atoms with van der Waals surface area (Å²) in [4.78, 5) is 15.1. The maximum atomic E-state index is 12.6. The first-order valence-electron chi connectivity index (χ1n) is 6.38. The van der Waals surface area contributed by atoms with Crippen LogP contribution in [0.2, 0.25) is 10.0 Å². The molecule has 0 saturated heterocycles. The van der Waals surface area contributed by atoms with E-state index in [1.54, 1.807) is 12.1 Å². The molecule has 1 aromatic heterocycles. The molecule has 0 unspecified atom stereocenters. The van der Waals surface area contributed by atoms with Crippen LogP contribution in [0.25, 0.3) is 0 Å². The van der Waals surface area contributed by atoms with Crippen LogP contribution < -0.4 is 0 Å². The normalized spacial score (nSPS) is 11.0. The van der Waals surface area contributed by atoms with Crippen molar-refractivity contribution in [3.05, 3.63) is 54.6 Å². The average Bonchev–Trinajstić information content (AvgIpc) is 2.85. The predicted octanol–water partition coefficient (Wildman–Crippen LogP) is 5.87. The van der Waals surface area contributed by atoms with Crippen molar-refractivity contribution in [2.45, 2.75) is 26.4 Å². The summed E-state index contributed by atoms with van der Waals surface area (Å²) in [6.07, 6.45) is 0. The summed E-state index contributed by atoms with van der Waals surface area (Å²) < 4.78 is 0.948. The van der Waals surface area contributed by atoms with Crippen LogP contribution >= 0.6 is 50.5 Å². The van der Waals surface area contributed by atoms with Gasteiger partial charge in [0.15, 0.2) is 0 Å². The van der Waals surface area contributed by atoms with Crippen LogP contribution in [-0.2, 0) is 6.54 Å². The highest BCUT2D eigenvalue weighted by atomic mass is 79.9. The van der Waals surface area contributed by atoms with Crippen molar-refractivity contribution in [2.75, 3.05) is 0 Å². The standard InChI is InChI=1S/C15H14BrCl2NOS/c1-9(2)19(15(20)13-5-6-14(16)21-13)8-10-3-4-11(17)12(18)7-10/h3-7,9H,8H2,1-2H3. The lowest BCUT2D eigenvalue weighted by Gasteiger charge is -2.26. The number of rotatable bonds is 4. The Kier molecular flexibility index (Phi) is 5.72. The highest BCUT2D eigenvalue weighted by Crippen LogP contribution is 2.26. The van der Waals surface area contributed by atoms with Crippen LogP contribution in [-0.4, -0.2) is 16.8 Å². The summed E-state index contributed by atoms with van der Waals surface area (Å²) in [5.41, 5.74) is 0.960. The zero-order chi connectivity index (χ0) is 15.6.